The molecule has 1 atom stereocenters. The van der Waals surface area contributed by atoms with Crippen molar-refractivity contribution in [2.75, 3.05) is 11.9 Å². The minimum absolute atomic E-state index is 0.0132. The number of amides is 3. The Balaban J connectivity index is 1.86. The van der Waals surface area contributed by atoms with Gasteiger partial charge in [-0.25, -0.2) is 4.79 Å². The van der Waals surface area contributed by atoms with Crippen LogP contribution in [0.4, 0.5) is 10.5 Å². The molecule has 3 N–H and O–H groups in total. The standard InChI is InChI=1S/C20H26N4O2/c1-5-16-11-21-10-9-17(16)15(4)22-12-19(25)24-20(26)23-18-8-6-7-13(2)14(18)3/h6-11,15,22H,5,12H2,1-4H3,(H2,23,24,25,26). The molecule has 0 aliphatic heterocycles. The molecule has 3 amide bonds. The molecule has 0 spiro atoms. The van der Waals surface area contributed by atoms with E-state index in [1.165, 1.54) is 0 Å². The summed E-state index contributed by atoms with van der Waals surface area (Å²) in [4.78, 5) is 28.2. The maximum Gasteiger partial charge on any atom is 0.325 e. The number of nitrogens with one attached hydrogen (secondary N) is 3. The van der Waals surface area contributed by atoms with Gasteiger partial charge in [0.15, 0.2) is 0 Å². The maximum atomic E-state index is 12.0. The number of aryl methyl sites for hydroxylation is 2. The first-order valence-corrected chi connectivity index (χ1v) is 8.75. The molecule has 6 heteroatoms. The van der Waals surface area contributed by atoms with Gasteiger partial charge in [0.2, 0.25) is 5.91 Å². The summed E-state index contributed by atoms with van der Waals surface area (Å²) in [6, 6.07) is 7.04. The van der Waals surface area contributed by atoms with E-state index in [1.54, 1.807) is 6.20 Å². The third-order valence-corrected chi connectivity index (χ3v) is 4.46. The molecule has 1 heterocycles. The van der Waals surface area contributed by atoms with Gasteiger partial charge in [-0.3, -0.25) is 15.1 Å². The van der Waals surface area contributed by atoms with Crippen molar-refractivity contribution in [1.82, 2.24) is 15.6 Å². The van der Waals surface area contributed by atoms with Gasteiger partial charge < -0.3 is 10.6 Å². The fourth-order valence-corrected chi connectivity index (χ4v) is 2.72. The van der Waals surface area contributed by atoms with E-state index in [9.17, 15) is 9.59 Å². The molecule has 26 heavy (non-hydrogen) atoms. The minimum Gasteiger partial charge on any atom is -0.307 e. The zero-order valence-corrected chi connectivity index (χ0v) is 15.7. The first-order chi connectivity index (χ1) is 12.4. The van der Waals surface area contributed by atoms with E-state index in [-0.39, 0.29) is 18.5 Å². The summed E-state index contributed by atoms with van der Waals surface area (Å²) in [7, 11) is 0. The van der Waals surface area contributed by atoms with E-state index in [0.717, 1.165) is 28.7 Å². The Morgan fingerprint density at radius 3 is 2.69 bits per heavy atom. The number of pyridine rings is 1. The van der Waals surface area contributed by atoms with E-state index >= 15 is 0 Å². The van der Waals surface area contributed by atoms with Crippen LogP contribution < -0.4 is 16.0 Å². The van der Waals surface area contributed by atoms with Gasteiger partial charge in [0, 0.05) is 24.1 Å². The second-order valence-corrected chi connectivity index (χ2v) is 6.28. The van der Waals surface area contributed by atoms with Crippen LogP contribution in [0.1, 0.15) is 42.1 Å². The van der Waals surface area contributed by atoms with Gasteiger partial charge >= 0.3 is 6.03 Å². The molecule has 0 radical (unpaired) electrons. The molecule has 0 bridgehead atoms. The van der Waals surface area contributed by atoms with E-state index in [0.29, 0.717) is 5.69 Å². The summed E-state index contributed by atoms with van der Waals surface area (Å²) in [5.74, 6) is -0.383. The van der Waals surface area contributed by atoms with E-state index < -0.39 is 6.03 Å². The smallest absolute Gasteiger partial charge is 0.307 e. The van der Waals surface area contributed by atoms with Gasteiger partial charge in [-0.1, -0.05) is 19.1 Å². The number of nitrogens with zero attached hydrogens (tertiary/aromatic N) is 1. The van der Waals surface area contributed by atoms with Crippen LogP contribution in [-0.4, -0.2) is 23.5 Å². The lowest BCUT2D eigenvalue weighted by Gasteiger charge is -2.17. The number of imide groups is 1. The Morgan fingerprint density at radius 1 is 1.19 bits per heavy atom. The predicted octanol–water partition coefficient (Wildman–Crippen LogP) is 3.26. The largest absolute Gasteiger partial charge is 0.325 e. The molecule has 0 aliphatic carbocycles. The highest BCUT2D eigenvalue weighted by Crippen LogP contribution is 2.18. The molecule has 1 aromatic carbocycles. The van der Waals surface area contributed by atoms with Crippen molar-refractivity contribution in [3.63, 3.8) is 0 Å². The normalized spacial score (nSPS) is 11.7. The number of urea groups is 1. The Morgan fingerprint density at radius 2 is 1.96 bits per heavy atom. The summed E-state index contributed by atoms with van der Waals surface area (Å²) in [6.45, 7) is 8.00. The zero-order chi connectivity index (χ0) is 19.1. The summed E-state index contributed by atoms with van der Waals surface area (Å²) < 4.78 is 0. The van der Waals surface area contributed by atoms with E-state index in [4.69, 9.17) is 0 Å². The average molecular weight is 354 g/mol. The number of benzene rings is 1. The molecule has 0 saturated heterocycles. The molecule has 0 saturated carbocycles. The summed E-state index contributed by atoms with van der Waals surface area (Å²) in [6.07, 6.45) is 4.45. The highest BCUT2D eigenvalue weighted by Gasteiger charge is 2.13. The topological polar surface area (TPSA) is 83.1 Å². The molecule has 1 unspecified atom stereocenters. The van der Waals surface area contributed by atoms with Gasteiger partial charge in [-0.2, -0.15) is 0 Å². The summed E-state index contributed by atoms with van der Waals surface area (Å²) in [5, 5.41) is 8.20. The Labute approximate surface area is 154 Å². The summed E-state index contributed by atoms with van der Waals surface area (Å²) in [5.41, 5.74) is 5.00. The fraction of sp³-hybridized carbons (Fsp3) is 0.350. The average Bonchev–Trinajstić information content (AvgIpc) is 2.63. The Hall–Kier alpha value is -2.73. The van der Waals surface area contributed by atoms with Gasteiger partial charge in [0.1, 0.15) is 0 Å². The quantitative estimate of drug-likeness (QED) is 0.743. The molecule has 138 valence electrons. The second kappa shape index (κ2) is 9.10. The monoisotopic (exact) mass is 354 g/mol. The number of carbonyl (C=O) groups excluding carboxylic acids is 2. The minimum atomic E-state index is -0.531. The third kappa shape index (κ3) is 5.13. The molecule has 1 aromatic heterocycles. The number of hydrogen-bond donors (Lipinski definition) is 3. The fourth-order valence-electron chi connectivity index (χ4n) is 2.72. The number of rotatable bonds is 6. The summed E-state index contributed by atoms with van der Waals surface area (Å²) >= 11 is 0. The van der Waals surface area contributed by atoms with Crippen LogP contribution in [0.2, 0.25) is 0 Å². The number of hydrogen-bond acceptors (Lipinski definition) is 4. The van der Waals surface area contributed by atoms with Crippen molar-refractivity contribution in [1.29, 1.82) is 0 Å². The van der Waals surface area contributed by atoms with Crippen LogP contribution in [0.5, 0.6) is 0 Å². The molecule has 0 fully saturated rings. The van der Waals surface area contributed by atoms with Gasteiger partial charge in [0.25, 0.3) is 0 Å². The lowest BCUT2D eigenvalue weighted by molar-refractivity contribution is -0.119. The van der Waals surface area contributed by atoms with Crippen LogP contribution in [0.3, 0.4) is 0 Å². The lowest BCUT2D eigenvalue weighted by atomic mass is 10.0. The van der Waals surface area contributed by atoms with Crippen molar-refractivity contribution >= 4 is 17.6 Å². The molecule has 2 rings (SSSR count). The second-order valence-electron chi connectivity index (χ2n) is 6.28. The molecular formula is C20H26N4O2. The zero-order valence-electron chi connectivity index (χ0n) is 15.7. The molecule has 0 aliphatic rings. The van der Waals surface area contributed by atoms with Crippen molar-refractivity contribution in [3.05, 3.63) is 58.9 Å². The van der Waals surface area contributed by atoms with Crippen molar-refractivity contribution < 1.29 is 9.59 Å². The lowest BCUT2D eigenvalue weighted by Crippen LogP contribution is -2.40. The van der Waals surface area contributed by atoms with Gasteiger partial charge in [-0.15, -0.1) is 0 Å². The SMILES string of the molecule is CCc1cnccc1C(C)NCC(=O)NC(=O)Nc1cccc(C)c1C. The highest BCUT2D eigenvalue weighted by molar-refractivity contribution is 6.02. The molecule has 2 aromatic rings. The number of aromatic nitrogens is 1. The van der Waals surface area contributed by atoms with Crippen molar-refractivity contribution in [3.8, 4) is 0 Å². The first kappa shape index (κ1) is 19.6. The predicted molar refractivity (Wildman–Crippen MR) is 103 cm³/mol. The van der Waals surface area contributed by atoms with Crippen LogP contribution in [0.15, 0.2) is 36.7 Å². The van der Waals surface area contributed by atoms with Crippen molar-refractivity contribution in [2.45, 2.75) is 40.2 Å². The molecule has 6 nitrogen and oxygen atoms in total. The highest BCUT2D eigenvalue weighted by atomic mass is 16.2. The van der Waals surface area contributed by atoms with Gasteiger partial charge in [0.05, 0.1) is 6.54 Å². The third-order valence-electron chi connectivity index (χ3n) is 4.46. The van der Waals surface area contributed by atoms with E-state index in [2.05, 4.69) is 27.9 Å². The van der Waals surface area contributed by atoms with E-state index in [1.807, 2.05) is 51.2 Å². The van der Waals surface area contributed by atoms with Crippen LogP contribution in [0, 0.1) is 13.8 Å². The van der Waals surface area contributed by atoms with Crippen LogP contribution in [0.25, 0.3) is 0 Å². The Bertz CT molecular complexity index is 789. The number of anilines is 1. The number of carbonyl (C=O) groups is 2. The van der Waals surface area contributed by atoms with Crippen LogP contribution >= 0.6 is 0 Å². The molecular weight excluding hydrogens is 328 g/mol. The van der Waals surface area contributed by atoms with Crippen molar-refractivity contribution in [2.24, 2.45) is 0 Å². The van der Waals surface area contributed by atoms with Crippen LogP contribution in [-0.2, 0) is 11.2 Å². The Kier molecular flexibility index (Phi) is 6.86. The maximum absolute atomic E-state index is 12.0. The van der Waals surface area contributed by atoms with Gasteiger partial charge in [-0.05, 0) is 61.6 Å². The first-order valence-electron chi connectivity index (χ1n) is 8.75.